The third-order valence-electron chi connectivity index (χ3n) is 4.94. The highest BCUT2D eigenvalue weighted by Crippen LogP contribution is 2.31. The standard InChI is InChI=1S/C24H23N5O3S/c1-16-6-4-5-7-20(16)29-23(17-10-12-25-13-11-17)27-28-24(29)33-15-22(30)26-19-14-18(31-2)8-9-21(19)32-3/h4-14H,15H2,1-3H3,(H,26,30). The van der Waals surface area contributed by atoms with Crippen LogP contribution in [-0.2, 0) is 4.79 Å². The summed E-state index contributed by atoms with van der Waals surface area (Å²) >= 11 is 1.31. The number of hydrogen-bond donors (Lipinski definition) is 1. The van der Waals surface area contributed by atoms with E-state index in [1.165, 1.54) is 11.8 Å². The highest BCUT2D eigenvalue weighted by molar-refractivity contribution is 7.99. The number of amides is 1. The zero-order valence-corrected chi connectivity index (χ0v) is 19.3. The molecule has 4 rings (SSSR count). The second-order valence-electron chi connectivity index (χ2n) is 7.07. The molecule has 0 unspecified atom stereocenters. The first-order valence-electron chi connectivity index (χ1n) is 10.2. The number of aromatic nitrogens is 4. The fourth-order valence-corrected chi connectivity index (χ4v) is 4.06. The Morgan fingerprint density at radius 2 is 1.82 bits per heavy atom. The van der Waals surface area contributed by atoms with E-state index < -0.39 is 0 Å². The van der Waals surface area contributed by atoms with Crippen molar-refractivity contribution in [3.63, 3.8) is 0 Å². The number of nitrogens with one attached hydrogen (secondary N) is 1. The molecule has 9 heteroatoms. The van der Waals surface area contributed by atoms with Crippen molar-refractivity contribution in [3.05, 3.63) is 72.6 Å². The normalized spacial score (nSPS) is 10.6. The van der Waals surface area contributed by atoms with Crippen LogP contribution in [0, 0.1) is 6.92 Å². The van der Waals surface area contributed by atoms with Crippen LogP contribution in [0.2, 0.25) is 0 Å². The van der Waals surface area contributed by atoms with Crippen LogP contribution in [0.5, 0.6) is 11.5 Å². The Morgan fingerprint density at radius 3 is 2.55 bits per heavy atom. The van der Waals surface area contributed by atoms with E-state index >= 15 is 0 Å². The summed E-state index contributed by atoms with van der Waals surface area (Å²) in [6.07, 6.45) is 3.43. The molecule has 1 N–H and O–H groups in total. The van der Waals surface area contributed by atoms with E-state index in [1.807, 2.05) is 47.9 Å². The van der Waals surface area contributed by atoms with Crippen LogP contribution in [-0.4, -0.2) is 45.6 Å². The molecule has 2 aromatic carbocycles. The molecule has 0 bridgehead atoms. The monoisotopic (exact) mass is 461 g/mol. The van der Waals surface area contributed by atoms with E-state index in [-0.39, 0.29) is 11.7 Å². The minimum Gasteiger partial charge on any atom is -0.497 e. The van der Waals surface area contributed by atoms with Crippen LogP contribution in [0.1, 0.15) is 5.56 Å². The molecule has 4 aromatic rings. The van der Waals surface area contributed by atoms with E-state index in [4.69, 9.17) is 9.47 Å². The molecule has 0 spiro atoms. The number of aryl methyl sites for hydroxylation is 1. The summed E-state index contributed by atoms with van der Waals surface area (Å²) in [7, 11) is 3.12. The lowest BCUT2D eigenvalue weighted by Crippen LogP contribution is -2.15. The largest absolute Gasteiger partial charge is 0.497 e. The van der Waals surface area contributed by atoms with Gasteiger partial charge in [-0.3, -0.25) is 14.3 Å². The number of hydrogen-bond acceptors (Lipinski definition) is 7. The van der Waals surface area contributed by atoms with Crippen molar-refractivity contribution in [2.75, 3.05) is 25.3 Å². The van der Waals surface area contributed by atoms with Gasteiger partial charge in [0, 0.05) is 24.0 Å². The van der Waals surface area contributed by atoms with Crippen molar-refractivity contribution >= 4 is 23.4 Å². The van der Waals surface area contributed by atoms with E-state index in [9.17, 15) is 4.79 Å². The molecule has 2 aromatic heterocycles. The Hall–Kier alpha value is -3.85. The Kier molecular flexibility index (Phi) is 6.89. The molecule has 0 saturated heterocycles. The Balaban J connectivity index is 1.60. The maximum absolute atomic E-state index is 12.8. The van der Waals surface area contributed by atoms with Crippen molar-refractivity contribution < 1.29 is 14.3 Å². The first kappa shape index (κ1) is 22.3. The van der Waals surface area contributed by atoms with Crippen molar-refractivity contribution in [2.45, 2.75) is 12.1 Å². The van der Waals surface area contributed by atoms with Gasteiger partial charge < -0.3 is 14.8 Å². The summed E-state index contributed by atoms with van der Waals surface area (Å²) in [4.78, 5) is 16.8. The van der Waals surface area contributed by atoms with E-state index in [0.29, 0.717) is 28.2 Å². The molecule has 168 valence electrons. The van der Waals surface area contributed by atoms with Gasteiger partial charge in [-0.1, -0.05) is 30.0 Å². The summed E-state index contributed by atoms with van der Waals surface area (Å²) in [6.45, 7) is 2.03. The maximum Gasteiger partial charge on any atom is 0.234 e. The highest BCUT2D eigenvalue weighted by atomic mass is 32.2. The second-order valence-corrected chi connectivity index (χ2v) is 8.01. The average molecular weight is 462 g/mol. The number of carbonyl (C=O) groups is 1. The molecule has 0 aliphatic rings. The second kappa shape index (κ2) is 10.2. The summed E-state index contributed by atoms with van der Waals surface area (Å²) in [5, 5.41) is 12.3. The molecule has 1 amide bonds. The minimum absolute atomic E-state index is 0.140. The summed E-state index contributed by atoms with van der Waals surface area (Å²) in [5.74, 6) is 1.80. The van der Waals surface area contributed by atoms with Gasteiger partial charge in [0.05, 0.1) is 31.3 Å². The number of rotatable bonds is 8. The number of benzene rings is 2. The van der Waals surface area contributed by atoms with Gasteiger partial charge >= 0.3 is 0 Å². The fraction of sp³-hybridized carbons (Fsp3) is 0.167. The molecule has 0 fully saturated rings. The zero-order valence-electron chi connectivity index (χ0n) is 18.5. The Bertz CT molecular complexity index is 1260. The molecule has 0 saturated carbocycles. The number of nitrogens with zero attached hydrogens (tertiary/aromatic N) is 4. The number of thioether (sulfide) groups is 1. The molecule has 33 heavy (non-hydrogen) atoms. The van der Waals surface area contributed by atoms with Gasteiger partial charge in [-0.2, -0.15) is 0 Å². The number of para-hydroxylation sites is 1. The molecule has 2 heterocycles. The number of pyridine rings is 1. The van der Waals surface area contributed by atoms with Crippen LogP contribution in [0.15, 0.2) is 72.1 Å². The SMILES string of the molecule is COc1ccc(OC)c(NC(=O)CSc2nnc(-c3ccncc3)n2-c2ccccc2C)c1. The van der Waals surface area contributed by atoms with Crippen molar-refractivity contribution in [2.24, 2.45) is 0 Å². The van der Waals surface area contributed by atoms with Crippen LogP contribution in [0.3, 0.4) is 0 Å². The predicted octanol–water partition coefficient (Wildman–Crippen LogP) is 4.39. The van der Waals surface area contributed by atoms with Gasteiger partial charge in [0.2, 0.25) is 5.91 Å². The molecule has 0 radical (unpaired) electrons. The van der Waals surface area contributed by atoms with E-state index in [1.54, 1.807) is 44.8 Å². The molecular weight excluding hydrogens is 438 g/mol. The van der Waals surface area contributed by atoms with Gasteiger partial charge in [0.25, 0.3) is 0 Å². The topological polar surface area (TPSA) is 91.2 Å². The molecule has 0 aliphatic carbocycles. The summed E-state index contributed by atoms with van der Waals surface area (Å²) in [5.41, 5.74) is 3.45. The van der Waals surface area contributed by atoms with Crippen LogP contribution in [0.4, 0.5) is 5.69 Å². The fourth-order valence-electron chi connectivity index (χ4n) is 3.31. The van der Waals surface area contributed by atoms with Crippen molar-refractivity contribution in [1.29, 1.82) is 0 Å². The number of carbonyl (C=O) groups excluding carboxylic acids is 1. The van der Waals surface area contributed by atoms with Gasteiger partial charge in [-0.05, 0) is 42.8 Å². The van der Waals surface area contributed by atoms with Crippen molar-refractivity contribution in [3.8, 4) is 28.6 Å². The van der Waals surface area contributed by atoms with Gasteiger partial charge in [0.1, 0.15) is 11.5 Å². The van der Waals surface area contributed by atoms with Gasteiger partial charge in [-0.15, -0.1) is 10.2 Å². The van der Waals surface area contributed by atoms with Gasteiger partial charge in [0.15, 0.2) is 11.0 Å². The lowest BCUT2D eigenvalue weighted by molar-refractivity contribution is -0.113. The van der Waals surface area contributed by atoms with Crippen LogP contribution < -0.4 is 14.8 Å². The lowest BCUT2D eigenvalue weighted by atomic mass is 10.2. The third kappa shape index (κ3) is 4.98. The first-order chi connectivity index (χ1) is 16.1. The first-order valence-corrected chi connectivity index (χ1v) is 11.2. The number of methoxy groups -OCH3 is 2. The Morgan fingerprint density at radius 1 is 1.03 bits per heavy atom. The van der Waals surface area contributed by atoms with E-state index in [2.05, 4.69) is 20.5 Å². The van der Waals surface area contributed by atoms with Crippen LogP contribution in [0.25, 0.3) is 17.1 Å². The van der Waals surface area contributed by atoms with Crippen molar-refractivity contribution in [1.82, 2.24) is 19.7 Å². The minimum atomic E-state index is -0.198. The maximum atomic E-state index is 12.8. The lowest BCUT2D eigenvalue weighted by Gasteiger charge is -2.13. The van der Waals surface area contributed by atoms with Gasteiger partial charge in [-0.25, -0.2) is 0 Å². The predicted molar refractivity (Wildman–Crippen MR) is 128 cm³/mol. The highest BCUT2D eigenvalue weighted by Gasteiger charge is 2.19. The summed E-state index contributed by atoms with van der Waals surface area (Å²) < 4.78 is 12.6. The number of anilines is 1. The molecular formula is C24H23N5O3S. The van der Waals surface area contributed by atoms with E-state index in [0.717, 1.165) is 16.8 Å². The smallest absolute Gasteiger partial charge is 0.234 e. The Labute approximate surface area is 196 Å². The third-order valence-corrected chi connectivity index (χ3v) is 5.87. The molecule has 8 nitrogen and oxygen atoms in total. The van der Waals surface area contributed by atoms with Crippen LogP contribution >= 0.6 is 11.8 Å². The quantitative estimate of drug-likeness (QED) is 0.389. The average Bonchev–Trinajstić information content (AvgIpc) is 3.27. The number of ether oxygens (including phenoxy) is 2. The molecule has 0 aliphatic heterocycles. The zero-order chi connectivity index (χ0) is 23.2. The molecule has 0 atom stereocenters. The summed E-state index contributed by atoms with van der Waals surface area (Å²) in [6, 6.07) is 17.0.